The smallest absolute Gasteiger partial charge is 0.322 e. The van der Waals surface area contributed by atoms with Crippen molar-refractivity contribution in [2.75, 3.05) is 5.32 Å². The number of amides is 1. The van der Waals surface area contributed by atoms with Crippen molar-refractivity contribution in [2.24, 2.45) is 0 Å². The van der Waals surface area contributed by atoms with Crippen molar-refractivity contribution in [2.45, 2.75) is 30.4 Å². The van der Waals surface area contributed by atoms with E-state index in [2.05, 4.69) is 29.4 Å². The van der Waals surface area contributed by atoms with E-state index in [9.17, 15) is 4.79 Å². The number of hydrogen-bond donors (Lipinski definition) is 1. The minimum absolute atomic E-state index is 0.109. The van der Waals surface area contributed by atoms with E-state index in [1.54, 1.807) is 17.8 Å². The molecule has 1 N–H and O–H groups in total. The summed E-state index contributed by atoms with van der Waals surface area (Å²) in [4.78, 5) is 13.4. The summed E-state index contributed by atoms with van der Waals surface area (Å²) in [5, 5.41) is 11.0. The number of hydrogen-bond acceptors (Lipinski definition) is 5. The summed E-state index contributed by atoms with van der Waals surface area (Å²) >= 11 is 1.71. The highest BCUT2D eigenvalue weighted by molar-refractivity contribution is 7.99. The van der Waals surface area contributed by atoms with Gasteiger partial charge in [0.15, 0.2) is 0 Å². The molecule has 0 bridgehead atoms. The van der Waals surface area contributed by atoms with Gasteiger partial charge in [-0.3, -0.25) is 10.1 Å². The van der Waals surface area contributed by atoms with Crippen LogP contribution in [0.15, 0.2) is 63.9 Å². The first-order chi connectivity index (χ1) is 12.1. The molecule has 25 heavy (non-hydrogen) atoms. The molecule has 0 saturated carbocycles. The first-order valence-corrected chi connectivity index (χ1v) is 8.92. The van der Waals surface area contributed by atoms with E-state index in [-0.39, 0.29) is 11.9 Å². The summed E-state index contributed by atoms with van der Waals surface area (Å²) in [6.07, 6.45) is 0.532. The van der Waals surface area contributed by atoms with Crippen molar-refractivity contribution in [3.63, 3.8) is 0 Å². The second kappa shape index (κ2) is 7.98. The third-order valence-electron chi connectivity index (χ3n) is 3.35. The number of anilines is 1. The molecule has 6 heteroatoms. The quantitative estimate of drug-likeness (QED) is 0.665. The lowest BCUT2D eigenvalue weighted by Gasteiger charge is -2.06. The van der Waals surface area contributed by atoms with Crippen molar-refractivity contribution >= 4 is 23.7 Å². The molecule has 0 spiro atoms. The van der Waals surface area contributed by atoms with Crippen LogP contribution in [0.5, 0.6) is 0 Å². The second-order valence-corrected chi connectivity index (χ2v) is 7.46. The number of nitrogens with zero attached hydrogens (tertiary/aromatic N) is 2. The molecule has 0 radical (unpaired) electrons. The van der Waals surface area contributed by atoms with Gasteiger partial charge < -0.3 is 4.42 Å². The van der Waals surface area contributed by atoms with Gasteiger partial charge in [-0.2, -0.15) is 0 Å². The Morgan fingerprint density at radius 2 is 1.92 bits per heavy atom. The summed E-state index contributed by atoms with van der Waals surface area (Å²) in [6.45, 7) is 4.23. The standard InChI is InChI=1S/C19H19N3O2S/c1-13(2)25-16-10-6-9-15(12-16)18(23)20-19-22-21-17(24-19)11-14-7-4-3-5-8-14/h3-10,12-13H,11H2,1-2H3,(H,20,22,23). The monoisotopic (exact) mass is 353 g/mol. The fraction of sp³-hybridized carbons (Fsp3) is 0.211. The fourth-order valence-corrected chi connectivity index (χ4v) is 3.19. The van der Waals surface area contributed by atoms with Crippen molar-refractivity contribution in [3.8, 4) is 0 Å². The molecule has 1 heterocycles. The third-order valence-corrected chi connectivity index (χ3v) is 4.35. The average molecular weight is 353 g/mol. The predicted molar refractivity (Wildman–Crippen MR) is 98.9 cm³/mol. The summed E-state index contributed by atoms with van der Waals surface area (Å²) in [5.41, 5.74) is 1.64. The van der Waals surface area contributed by atoms with Gasteiger partial charge in [-0.25, -0.2) is 0 Å². The first kappa shape index (κ1) is 17.2. The zero-order valence-corrected chi connectivity index (χ0v) is 14.9. The minimum Gasteiger partial charge on any atom is -0.407 e. The Balaban J connectivity index is 1.65. The molecule has 2 aromatic carbocycles. The number of aromatic nitrogens is 2. The summed E-state index contributed by atoms with van der Waals surface area (Å²) in [6, 6.07) is 17.4. The average Bonchev–Trinajstić information content (AvgIpc) is 3.02. The molecule has 3 rings (SSSR count). The molecule has 0 saturated heterocycles. The molecule has 1 aromatic heterocycles. The molecule has 0 fully saturated rings. The Kier molecular flexibility index (Phi) is 5.50. The Labute approximate surface area is 150 Å². The van der Waals surface area contributed by atoms with Crippen molar-refractivity contribution in [1.82, 2.24) is 10.2 Å². The van der Waals surface area contributed by atoms with Gasteiger partial charge in [-0.15, -0.1) is 16.9 Å². The molecule has 0 aliphatic heterocycles. The maximum Gasteiger partial charge on any atom is 0.322 e. The van der Waals surface area contributed by atoms with E-state index in [0.717, 1.165) is 10.5 Å². The predicted octanol–water partition coefficient (Wildman–Crippen LogP) is 4.41. The molecular weight excluding hydrogens is 334 g/mol. The molecule has 128 valence electrons. The van der Waals surface area contributed by atoms with E-state index >= 15 is 0 Å². The topological polar surface area (TPSA) is 68.0 Å². The van der Waals surface area contributed by atoms with Crippen molar-refractivity contribution < 1.29 is 9.21 Å². The van der Waals surface area contributed by atoms with Gasteiger partial charge in [0.2, 0.25) is 5.89 Å². The largest absolute Gasteiger partial charge is 0.407 e. The highest BCUT2D eigenvalue weighted by Gasteiger charge is 2.13. The van der Waals surface area contributed by atoms with E-state index in [1.807, 2.05) is 48.5 Å². The number of carbonyl (C=O) groups is 1. The SMILES string of the molecule is CC(C)Sc1cccc(C(=O)Nc2nnc(Cc3ccccc3)o2)c1. The zero-order chi connectivity index (χ0) is 17.6. The van der Waals surface area contributed by atoms with Crippen LogP contribution in [0.1, 0.15) is 35.7 Å². The lowest BCUT2D eigenvalue weighted by molar-refractivity contribution is 0.102. The van der Waals surface area contributed by atoms with Gasteiger partial charge in [0.05, 0.1) is 6.42 Å². The third kappa shape index (κ3) is 4.93. The molecule has 1 amide bonds. The summed E-state index contributed by atoms with van der Waals surface area (Å²) < 4.78 is 5.52. The van der Waals surface area contributed by atoms with Gasteiger partial charge in [-0.1, -0.05) is 55.3 Å². The number of rotatable bonds is 6. The van der Waals surface area contributed by atoms with Gasteiger partial charge in [-0.05, 0) is 23.8 Å². The molecule has 0 unspecified atom stereocenters. The van der Waals surface area contributed by atoms with Crippen LogP contribution >= 0.6 is 11.8 Å². The summed E-state index contributed by atoms with van der Waals surface area (Å²) in [5.74, 6) is 0.201. The van der Waals surface area contributed by atoms with Crippen molar-refractivity contribution in [3.05, 3.63) is 71.6 Å². The Hall–Kier alpha value is -2.60. The van der Waals surface area contributed by atoms with Crippen LogP contribution in [0.3, 0.4) is 0 Å². The Morgan fingerprint density at radius 3 is 2.68 bits per heavy atom. The van der Waals surface area contributed by atoms with Crippen LogP contribution in [0, 0.1) is 0 Å². The van der Waals surface area contributed by atoms with Crippen LogP contribution < -0.4 is 5.32 Å². The number of benzene rings is 2. The van der Waals surface area contributed by atoms with Crippen LogP contribution in [0.2, 0.25) is 0 Å². The second-order valence-electron chi connectivity index (χ2n) is 5.81. The molecule has 0 aliphatic carbocycles. The van der Waals surface area contributed by atoms with E-state index in [4.69, 9.17) is 4.42 Å². The normalized spacial score (nSPS) is 10.8. The Morgan fingerprint density at radius 1 is 1.12 bits per heavy atom. The fourth-order valence-electron chi connectivity index (χ4n) is 2.30. The Bertz CT molecular complexity index is 847. The number of thioether (sulfide) groups is 1. The molecule has 3 aromatic rings. The van der Waals surface area contributed by atoms with Gasteiger partial charge >= 0.3 is 6.01 Å². The maximum absolute atomic E-state index is 12.4. The summed E-state index contributed by atoms with van der Waals surface area (Å²) in [7, 11) is 0. The van der Waals surface area contributed by atoms with Crippen molar-refractivity contribution in [1.29, 1.82) is 0 Å². The lowest BCUT2D eigenvalue weighted by Crippen LogP contribution is -2.12. The highest BCUT2D eigenvalue weighted by Crippen LogP contribution is 2.24. The van der Waals surface area contributed by atoms with E-state index in [0.29, 0.717) is 23.1 Å². The molecule has 0 atom stereocenters. The molecule has 0 aliphatic rings. The van der Waals surface area contributed by atoms with Crippen LogP contribution in [-0.2, 0) is 6.42 Å². The molecule has 5 nitrogen and oxygen atoms in total. The maximum atomic E-state index is 12.4. The lowest BCUT2D eigenvalue weighted by atomic mass is 10.2. The number of carbonyl (C=O) groups excluding carboxylic acids is 1. The zero-order valence-electron chi connectivity index (χ0n) is 14.1. The van der Waals surface area contributed by atoms with Crippen LogP contribution in [0.4, 0.5) is 6.01 Å². The minimum atomic E-state index is -0.263. The van der Waals surface area contributed by atoms with Crippen LogP contribution in [-0.4, -0.2) is 21.4 Å². The van der Waals surface area contributed by atoms with Crippen LogP contribution in [0.25, 0.3) is 0 Å². The van der Waals surface area contributed by atoms with E-state index < -0.39 is 0 Å². The number of nitrogens with one attached hydrogen (secondary N) is 1. The van der Waals surface area contributed by atoms with Gasteiger partial charge in [0.25, 0.3) is 5.91 Å². The first-order valence-electron chi connectivity index (χ1n) is 8.04. The highest BCUT2D eigenvalue weighted by atomic mass is 32.2. The van der Waals surface area contributed by atoms with Gasteiger partial charge in [0.1, 0.15) is 0 Å². The van der Waals surface area contributed by atoms with Gasteiger partial charge in [0, 0.05) is 15.7 Å². The molecular formula is C19H19N3O2S. The van der Waals surface area contributed by atoms with E-state index in [1.165, 1.54) is 0 Å².